The van der Waals surface area contributed by atoms with Gasteiger partial charge in [0.05, 0.1) is 65.2 Å². The van der Waals surface area contributed by atoms with Crippen molar-refractivity contribution in [2.45, 2.75) is 88.5 Å². The molecule has 0 aromatic heterocycles. The Balaban J connectivity index is 0.000000168. The van der Waals surface area contributed by atoms with Crippen molar-refractivity contribution in [3.63, 3.8) is 0 Å². The highest BCUT2D eigenvalue weighted by Gasteiger charge is 2.25. The molecule has 12 rings (SSSR count). The molecule has 12 aromatic rings. The van der Waals surface area contributed by atoms with E-state index in [-0.39, 0.29) is 82.3 Å². The molecule has 0 atom stereocenters. The standard InChI is InChI=1S/2C26H24N2O6S3.C23H19NO4S2/c1-19-3-11-25(12-4-19)36(31,32)27-21-7-15-23(16-8-21)35(29,30)24-17-9-22(10-18-24)28-37(33,34)26-13-5-20(2)6-14-26;1-19-9-13-23(14-10-19)36(31,32)27-21-5-3-7-25(17-21)35(29,30)26-8-4-6-22(18-26)28-37(33,34)24-15-11-20(2)12-16-24;1-17-6-11-22(12-7-17)30(27,28)24-20-9-14-21(15-10-20)29(25,26)23-13-8-18-4-2-3-5-19(18)16-23/h2*3-18,27-28H,1-2H3;2-16,24H,1H3. The van der Waals surface area contributed by atoms with Crippen LogP contribution >= 0.6 is 0 Å². The SMILES string of the molecule is Cc1ccc(S(=O)(=O)Nc2ccc(S(=O)(=O)c3ccc(NS(=O)(=O)c4ccc(C)cc4)cc3)cc2)cc1.Cc1ccc(S(=O)(=O)Nc2ccc(S(=O)(=O)c3ccc4ccccc4c3)cc2)cc1.Cc1ccc(S(=O)(=O)Nc2cccc(S(=O)(=O)c3cccc(NS(=O)(=O)c4ccc(C)cc4)c3)c2)cc1. The highest BCUT2D eigenvalue weighted by Crippen LogP contribution is 2.31. The van der Waals surface area contributed by atoms with E-state index in [0.717, 1.165) is 38.6 Å². The number of nitrogens with one attached hydrogen (secondary N) is 5. The summed E-state index contributed by atoms with van der Waals surface area (Å²) < 4.78 is 217. The van der Waals surface area contributed by atoms with Crippen molar-refractivity contribution in [3.05, 3.63) is 313 Å². The number of rotatable bonds is 21. The van der Waals surface area contributed by atoms with Crippen LogP contribution in [0.15, 0.2) is 339 Å². The van der Waals surface area contributed by atoms with Gasteiger partial charge < -0.3 is 0 Å². The largest absolute Gasteiger partial charge is 0.280 e. The average Bonchev–Trinajstić information content (AvgIpc) is 0.900. The fourth-order valence-corrected chi connectivity index (χ4v) is 19.1. The van der Waals surface area contributed by atoms with E-state index >= 15 is 0 Å². The molecular formula is C75H67N5O16S8. The van der Waals surface area contributed by atoms with Gasteiger partial charge >= 0.3 is 0 Å². The third-order valence-corrected chi connectivity index (χ3v) is 28.0. The first-order valence-electron chi connectivity index (χ1n) is 31.2. The first kappa shape index (κ1) is 76.1. The Hall–Kier alpha value is -10.5. The molecule has 0 unspecified atom stereocenters. The predicted octanol–water partition coefficient (Wildman–Crippen LogP) is 14.3. The number of hydrogen-bond acceptors (Lipinski definition) is 16. The lowest BCUT2D eigenvalue weighted by molar-refractivity contribution is 0.594. The van der Waals surface area contributed by atoms with Gasteiger partial charge in [-0.05, 0) is 227 Å². The summed E-state index contributed by atoms with van der Waals surface area (Å²) >= 11 is 0. The molecular weight excluding hydrogens is 1480 g/mol. The lowest BCUT2D eigenvalue weighted by Gasteiger charge is -2.12. The summed E-state index contributed by atoms with van der Waals surface area (Å²) in [6.07, 6.45) is 0. The van der Waals surface area contributed by atoms with Crippen LogP contribution in [0.4, 0.5) is 28.4 Å². The van der Waals surface area contributed by atoms with Crippen LogP contribution in [0.5, 0.6) is 0 Å². The minimum atomic E-state index is -4.11. The van der Waals surface area contributed by atoms with Crippen molar-refractivity contribution >= 4 is 119 Å². The van der Waals surface area contributed by atoms with Crippen molar-refractivity contribution in [2.24, 2.45) is 0 Å². The van der Waals surface area contributed by atoms with Gasteiger partial charge in [0, 0.05) is 17.1 Å². The highest BCUT2D eigenvalue weighted by molar-refractivity contribution is 7.94. The van der Waals surface area contributed by atoms with Gasteiger partial charge in [0.1, 0.15) is 0 Å². The van der Waals surface area contributed by atoms with E-state index in [0.29, 0.717) is 0 Å². The Morgan fingerprint density at radius 2 is 0.385 bits per heavy atom. The van der Waals surface area contributed by atoms with Gasteiger partial charge in [-0.2, -0.15) is 0 Å². The average molecular weight is 1550 g/mol. The number of fused-ring (bicyclic) bond motifs is 1. The van der Waals surface area contributed by atoms with E-state index in [1.165, 1.54) is 182 Å². The lowest BCUT2D eigenvalue weighted by atomic mass is 10.1. The minimum absolute atomic E-state index is 0.0416. The van der Waals surface area contributed by atoms with Gasteiger partial charge in [0.15, 0.2) is 0 Å². The minimum Gasteiger partial charge on any atom is -0.280 e. The quantitative estimate of drug-likeness (QED) is 0.0446. The maximum Gasteiger partial charge on any atom is 0.261 e. The predicted molar refractivity (Wildman–Crippen MR) is 402 cm³/mol. The van der Waals surface area contributed by atoms with E-state index in [2.05, 4.69) is 23.6 Å². The van der Waals surface area contributed by atoms with Gasteiger partial charge in [0.2, 0.25) is 29.5 Å². The summed E-state index contributed by atoms with van der Waals surface area (Å²) in [5.74, 6) is 0. The van der Waals surface area contributed by atoms with Gasteiger partial charge in [-0.25, -0.2) is 67.3 Å². The van der Waals surface area contributed by atoms with Crippen LogP contribution < -0.4 is 23.6 Å². The summed E-state index contributed by atoms with van der Waals surface area (Å²) in [6.45, 7) is 9.24. The van der Waals surface area contributed by atoms with E-state index < -0.39 is 79.6 Å². The van der Waals surface area contributed by atoms with Gasteiger partial charge in [0.25, 0.3) is 50.1 Å². The summed E-state index contributed by atoms with van der Waals surface area (Å²) in [5, 5.41) is 1.79. The maximum atomic E-state index is 13.3. The zero-order chi connectivity index (χ0) is 75.0. The van der Waals surface area contributed by atoms with Crippen LogP contribution in [0.25, 0.3) is 10.8 Å². The fraction of sp³-hybridized carbons (Fsp3) is 0.0667. The zero-order valence-corrected chi connectivity index (χ0v) is 62.5. The second-order valence-corrected chi connectivity index (χ2v) is 38.0. The molecule has 0 bridgehead atoms. The monoisotopic (exact) mass is 1550 g/mol. The number of aryl methyl sites for hydroxylation is 5. The molecule has 0 aliphatic carbocycles. The molecule has 536 valence electrons. The summed E-state index contributed by atoms with van der Waals surface area (Å²) in [6, 6.07) is 71.3. The van der Waals surface area contributed by atoms with Crippen LogP contribution in [0.3, 0.4) is 0 Å². The number of anilines is 5. The van der Waals surface area contributed by atoms with Crippen molar-refractivity contribution in [2.75, 3.05) is 23.6 Å². The van der Waals surface area contributed by atoms with Gasteiger partial charge in [-0.15, -0.1) is 0 Å². The topological polar surface area (TPSA) is 333 Å². The van der Waals surface area contributed by atoms with Crippen LogP contribution in [-0.4, -0.2) is 67.3 Å². The van der Waals surface area contributed by atoms with Crippen LogP contribution in [0.2, 0.25) is 0 Å². The molecule has 0 fully saturated rings. The molecule has 104 heavy (non-hydrogen) atoms. The van der Waals surface area contributed by atoms with Crippen molar-refractivity contribution in [1.29, 1.82) is 0 Å². The lowest BCUT2D eigenvalue weighted by Crippen LogP contribution is -2.14. The molecule has 0 spiro atoms. The van der Waals surface area contributed by atoms with Gasteiger partial charge in [-0.3, -0.25) is 23.6 Å². The Morgan fingerprint density at radius 1 is 0.173 bits per heavy atom. The van der Waals surface area contributed by atoms with Crippen molar-refractivity contribution in [3.8, 4) is 0 Å². The molecule has 5 N–H and O–H groups in total. The Kier molecular flexibility index (Phi) is 22.6. The van der Waals surface area contributed by atoms with Crippen molar-refractivity contribution < 1.29 is 67.3 Å². The molecule has 0 heterocycles. The summed E-state index contributed by atoms with van der Waals surface area (Å²) in [5.41, 5.74) is 5.43. The van der Waals surface area contributed by atoms with E-state index in [4.69, 9.17) is 0 Å². The molecule has 0 aliphatic rings. The molecule has 21 nitrogen and oxygen atoms in total. The molecule has 12 aromatic carbocycles. The Bertz CT molecular complexity index is 5870. The van der Waals surface area contributed by atoms with Crippen LogP contribution in [0, 0.1) is 34.6 Å². The molecule has 0 saturated carbocycles. The number of sulfonamides is 5. The third kappa shape index (κ3) is 18.6. The van der Waals surface area contributed by atoms with Crippen LogP contribution in [-0.2, 0) is 79.6 Å². The maximum absolute atomic E-state index is 13.3. The summed E-state index contributed by atoms with van der Waals surface area (Å²) in [4.78, 5) is 0.287. The molecule has 29 heteroatoms. The number of hydrogen-bond donors (Lipinski definition) is 5. The zero-order valence-electron chi connectivity index (χ0n) is 55.9. The normalized spacial score (nSPS) is 12.1. The first-order chi connectivity index (χ1) is 49.0. The van der Waals surface area contributed by atoms with E-state index in [1.807, 2.05) is 58.9 Å². The number of sulfone groups is 3. The first-order valence-corrected chi connectivity index (χ1v) is 43.1. The summed E-state index contributed by atoms with van der Waals surface area (Å²) in [7, 11) is -31.0. The second-order valence-electron chi connectivity index (χ2n) is 23.7. The Labute approximate surface area is 606 Å². The number of benzene rings is 12. The third-order valence-electron chi connectivity index (χ3n) is 15.7. The molecule has 0 radical (unpaired) electrons. The highest BCUT2D eigenvalue weighted by atomic mass is 32.2. The second kappa shape index (κ2) is 30.8. The van der Waals surface area contributed by atoms with Crippen LogP contribution in [0.1, 0.15) is 27.8 Å². The fourth-order valence-electron chi connectivity index (χ4n) is 9.96. The van der Waals surface area contributed by atoms with Crippen molar-refractivity contribution in [1.82, 2.24) is 0 Å². The molecule has 0 amide bonds. The van der Waals surface area contributed by atoms with E-state index in [1.54, 1.807) is 78.9 Å². The Morgan fingerprint density at radius 3 is 0.663 bits per heavy atom. The van der Waals surface area contributed by atoms with Gasteiger partial charge in [-0.1, -0.05) is 131 Å². The smallest absolute Gasteiger partial charge is 0.261 e. The van der Waals surface area contributed by atoms with E-state index in [9.17, 15) is 67.3 Å². The molecule has 0 aliphatic heterocycles. The molecule has 0 saturated heterocycles.